The Morgan fingerprint density at radius 2 is 1.29 bits per heavy atom. The molecule has 0 unspecified atom stereocenters. The number of ketones is 2. The first-order valence-corrected chi connectivity index (χ1v) is 10.5. The van der Waals surface area contributed by atoms with Gasteiger partial charge >= 0.3 is 0 Å². The molecule has 1 aromatic carbocycles. The van der Waals surface area contributed by atoms with Gasteiger partial charge in [-0.2, -0.15) is 0 Å². The minimum Gasteiger partial charge on any atom is -0.394 e. The summed E-state index contributed by atoms with van der Waals surface area (Å²) in [4.78, 5) is 30.5. The van der Waals surface area contributed by atoms with Crippen LogP contribution in [0.4, 0.5) is 5.69 Å². The average Bonchev–Trinajstić information content (AvgIpc) is 3.65. The lowest BCUT2D eigenvalue weighted by Gasteiger charge is -2.29. The van der Waals surface area contributed by atoms with Gasteiger partial charge in [0, 0.05) is 51.0 Å². The van der Waals surface area contributed by atoms with Crippen LogP contribution < -0.4 is 5.32 Å². The van der Waals surface area contributed by atoms with Gasteiger partial charge in [0.2, 0.25) is 11.6 Å². The van der Waals surface area contributed by atoms with E-state index in [1.807, 2.05) is 32.9 Å². The van der Waals surface area contributed by atoms with Crippen LogP contribution in [0, 0.1) is 0 Å². The van der Waals surface area contributed by atoms with Crippen molar-refractivity contribution in [3.63, 3.8) is 0 Å². The lowest BCUT2D eigenvalue weighted by molar-refractivity contribution is -0.117. The number of nitrogens with one attached hydrogen (secondary N) is 1. The molecule has 31 heavy (non-hydrogen) atoms. The van der Waals surface area contributed by atoms with Crippen molar-refractivity contribution in [3.8, 4) is 0 Å². The van der Waals surface area contributed by atoms with Gasteiger partial charge in [-0.3, -0.25) is 9.59 Å². The maximum Gasteiger partial charge on any atom is 0.227 e. The molecular formula is C22H28N4O5. The van der Waals surface area contributed by atoms with Gasteiger partial charge in [-0.25, -0.2) is 0 Å². The van der Waals surface area contributed by atoms with E-state index < -0.39 is 5.54 Å². The zero-order valence-corrected chi connectivity index (χ0v) is 17.3. The van der Waals surface area contributed by atoms with Crippen molar-refractivity contribution in [2.75, 3.05) is 64.4 Å². The van der Waals surface area contributed by atoms with E-state index in [1.165, 1.54) is 6.08 Å². The molecule has 5 rings (SSSR count). The fraction of sp³-hybridized carbons (Fsp3) is 0.455. The number of hydrogen-bond donors (Lipinski definition) is 4. The van der Waals surface area contributed by atoms with Crippen LogP contribution in [0.3, 0.4) is 0 Å². The molecule has 4 aliphatic rings. The van der Waals surface area contributed by atoms with Crippen LogP contribution in [0.5, 0.6) is 0 Å². The van der Waals surface area contributed by atoms with Gasteiger partial charge < -0.3 is 35.3 Å². The maximum absolute atomic E-state index is 12.4. The summed E-state index contributed by atoms with van der Waals surface area (Å²) in [6.07, 6.45) is 1.52. The first kappa shape index (κ1) is 21.4. The summed E-state index contributed by atoms with van der Waals surface area (Å²) in [7, 11) is 0. The molecule has 4 N–H and O–H groups in total. The second-order valence-electron chi connectivity index (χ2n) is 8.13. The van der Waals surface area contributed by atoms with Crippen LogP contribution in [0.1, 0.15) is 0 Å². The fourth-order valence-electron chi connectivity index (χ4n) is 3.37. The number of anilines is 1. The lowest BCUT2D eigenvalue weighted by Crippen LogP contribution is -2.49. The molecule has 3 aliphatic heterocycles. The number of carbonyl (C=O) groups excluding carboxylic acids is 2. The van der Waals surface area contributed by atoms with Crippen molar-refractivity contribution in [2.24, 2.45) is 0 Å². The molecule has 3 fully saturated rings. The Morgan fingerprint density at radius 1 is 0.774 bits per heavy atom. The first-order chi connectivity index (χ1) is 15.0. The van der Waals surface area contributed by atoms with E-state index in [-0.39, 0.29) is 31.4 Å². The molecular weight excluding hydrogens is 400 g/mol. The minimum atomic E-state index is -1.05. The standard InChI is InChI=1S/C12H13N3O2.C10H15NO3/c16-9-7-8(13-1-2-13)12(17)11(15-5-6-15)10(9)14-3-4-14;12-6-10(7-13,8-14)11-9-4-2-1-3-5-9/h7H,1-6H2;1-5,11-14H,6-8H2. The third-order valence-electron chi connectivity index (χ3n) is 5.58. The van der Waals surface area contributed by atoms with E-state index in [0.717, 1.165) is 45.0 Å². The number of carbonyl (C=O) groups is 2. The van der Waals surface area contributed by atoms with Crippen molar-refractivity contribution < 1.29 is 24.9 Å². The number of benzene rings is 1. The van der Waals surface area contributed by atoms with Gasteiger partial charge in [-0.1, -0.05) is 18.2 Å². The Bertz CT molecular complexity index is 889. The number of aliphatic hydroxyl groups excluding tert-OH is 3. The van der Waals surface area contributed by atoms with E-state index in [1.54, 1.807) is 12.1 Å². The SMILES string of the molecule is O=C1C=C(N2CC2)C(=O)C(N2CC2)=C1N1CC1.OCC(CO)(CO)Nc1ccccc1. The predicted octanol–water partition coefficient (Wildman–Crippen LogP) is -1.01. The van der Waals surface area contributed by atoms with Crippen molar-refractivity contribution in [1.82, 2.24) is 14.7 Å². The summed E-state index contributed by atoms with van der Waals surface area (Å²) in [6, 6.07) is 9.13. The summed E-state index contributed by atoms with van der Waals surface area (Å²) in [5, 5.41) is 30.1. The maximum atomic E-state index is 12.4. The van der Waals surface area contributed by atoms with E-state index >= 15 is 0 Å². The molecule has 0 atom stereocenters. The van der Waals surface area contributed by atoms with E-state index in [9.17, 15) is 9.59 Å². The number of Topliss-reactive ketones (excluding diaryl/α,β-unsaturated/α-hetero) is 1. The summed E-state index contributed by atoms with van der Waals surface area (Å²) in [5.74, 6) is 0.0485. The van der Waals surface area contributed by atoms with Crippen LogP contribution in [0.15, 0.2) is 53.5 Å². The topological polar surface area (TPSA) is 116 Å². The second kappa shape index (κ2) is 8.70. The van der Waals surface area contributed by atoms with Crippen LogP contribution in [0.25, 0.3) is 0 Å². The quantitative estimate of drug-likeness (QED) is 0.305. The zero-order chi connectivity index (χ0) is 22.0. The third kappa shape index (κ3) is 4.73. The molecule has 0 amide bonds. The Kier molecular flexibility index (Phi) is 5.99. The van der Waals surface area contributed by atoms with Gasteiger partial charge in [0.05, 0.1) is 25.5 Å². The van der Waals surface area contributed by atoms with Crippen molar-refractivity contribution >= 4 is 17.3 Å². The molecule has 1 aliphatic carbocycles. The molecule has 1 aromatic rings. The summed E-state index contributed by atoms with van der Waals surface area (Å²) in [6.45, 7) is 4.43. The van der Waals surface area contributed by atoms with Crippen molar-refractivity contribution in [3.05, 3.63) is 53.5 Å². The molecule has 0 radical (unpaired) electrons. The van der Waals surface area contributed by atoms with Gasteiger partial charge in [0.25, 0.3) is 0 Å². The molecule has 9 heteroatoms. The Labute approximate surface area is 180 Å². The summed E-state index contributed by atoms with van der Waals surface area (Å²) < 4.78 is 0. The highest BCUT2D eigenvalue weighted by atomic mass is 16.3. The van der Waals surface area contributed by atoms with E-state index in [0.29, 0.717) is 17.1 Å². The van der Waals surface area contributed by atoms with Crippen LogP contribution in [0.2, 0.25) is 0 Å². The smallest absolute Gasteiger partial charge is 0.227 e. The highest BCUT2D eigenvalue weighted by Crippen LogP contribution is 2.33. The molecule has 3 saturated heterocycles. The first-order valence-electron chi connectivity index (χ1n) is 10.5. The summed E-state index contributed by atoms with van der Waals surface area (Å²) in [5.41, 5.74) is 1.59. The molecule has 0 aromatic heterocycles. The molecule has 9 nitrogen and oxygen atoms in total. The largest absolute Gasteiger partial charge is 0.394 e. The lowest BCUT2D eigenvalue weighted by atomic mass is 10.0. The van der Waals surface area contributed by atoms with Gasteiger partial charge in [0.15, 0.2) is 0 Å². The Morgan fingerprint density at radius 3 is 1.77 bits per heavy atom. The highest BCUT2D eigenvalue weighted by Gasteiger charge is 2.43. The fourth-order valence-corrected chi connectivity index (χ4v) is 3.37. The zero-order valence-electron chi connectivity index (χ0n) is 17.3. The van der Waals surface area contributed by atoms with Gasteiger partial charge in [-0.05, 0) is 12.1 Å². The number of allylic oxidation sites excluding steroid dienone is 1. The molecule has 166 valence electrons. The predicted molar refractivity (Wildman–Crippen MR) is 114 cm³/mol. The third-order valence-corrected chi connectivity index (χ3v) is 5.58. The number of rotatable bonds is 8. The molecule has 0 saturated carbocycles. The van der Waals surface area contributed by atoms with Crippen LogP contribution in [-0.2, 0) is 9.59 Å². The average molecular weight is 428 g/mol. The van der Waals surface area contributed by atoms with E-state index in [4.69, 9.17) is 15.3 Å². The minimum absolute atomic E-state index is 0.00546. The molecule has 0 bridgehead atoms. The Balaban J connectivity index is 0.000000153. The van der Waals surface area contributed by atoms with Crippen molar-refractivity contribution in [1.29, 1.82) is 0 Å². The van der Waals surface area contributed by atoms with Crippen LogP contribution >= 0.6 is 0 Å². The van der Waals surface area contributed by atoms with E-state index in [2.05, 4.69) is 5.32 Å². The van der Waals surface area contributed by atoms with Crippen molar-refractivity contribution in [2.45, 2.75) is 5.54 Å². The number of aliphatic hydroxyl groups is 3. The molecule has 3 heterocycles. The van der Waals surface area contributed by atoms with Gasteiger partial charge in [0.1, 0.15) is 16.9 Å². The monoisotopic (exact) mass is 428 g/mol. The number of para-hydroxylation sites is 1. The molecule has 0 spiro atoms. The highest BCUT2D eigenvalue weighted by molar-refractivity contribution is 6.22. The number of hydrogen-bond acceptors (Lipinski definition) is 9. The van der Waals surface area contributed by atoms with Gasteiger partial charge in [-0.15, -0.1) is 0 Å². The second-order valence-corrected chi connectivity index (χ2v) is 8.13. The van der Waals surface area contributed by atoms with Crippen LogP contribution in [-0.4, -0.2) is 106 Å². The normalized spacial score (nSPS) is 19.7. The summed E-state index contributed by atoms with van der Waals surface area (Å²) >= 11 is 0. The Hall–Kier alpha value is -2.88. The number of nitrogens with zero attached hydrogens (tertiary/aromatic N) is 3.